The minimum absolute atomic E-state index is 0.161. The van der Waals surface area contributed by atoms with Gasteiger partial charge in [-0.2, -0.15) is 0 Å². The van der Waals surface area contributed by atoms with E-state index in [4.69, 9.17) is 5.73 Å². The van der Waals surface area contributed by atoms with Gasteiger partial charge >= 0.3 is 5.97 Å². The Bertz CT molecular complexity index is 155. The summed E-state index contributed by atoms with van der Waals surface area (Å²) in [6, 6.07) is 0.880. The molecule has 0 heterocycles. The first-order valence-corrected chi connectivity index (χ1v) is 4.28. The molecule has 0 aromatic carbocycles. The smallest absolute Gasteiger partial charge is 0.306 e. The average Bonchev–Trinajstić information content (AvgIpc) is 2.01. The first-order chi connectivity index (χ1) is 5.72. The Kier molecular flexibility index (Phi) is 3.49. The molecule has 0 saturated heterocycles. The predicted octanol–water partition coefficient (Wildman–Crippen LogP) is -0.371. The molecule has 0 atom stereocenters. The van der Waals surface area contributed by atoms with E-state index in [0.717, 1.165) is 12.8 Å². The van der Waals surface area contributed by atoms with Crippen LogP contribution >= 0.6 is 0 Å². The van der Waals surface area contributed by atoms with Crippen LogP contribution in [0.25, 0.3) is 0 Å². The lowest BCUT2D eigenvalue weighted by molar-refractivity contribution is -0.140. The van der Waals surface area contributed by atoms with E-state index in [-0.39, 0.29) is 5.97 Å². The van der Waals surface area contributed by atoms with Gasteiger partial charge in [-0.05, 0) is 12.8 Å². The molecule has 0 aliphatic heterocycles. The number of hydrogen-bond acceptors (Lipinski definition) is 4. The van der Waals surface area contributed by atoms with E-state index in [0.29, 0.717) is 25.0 Å². The molecule has 1 fully saturated rings. The van der Waals surface area contributed by atoms with Crippen molar-refractivity contribution in [3.8, 4) is 0 Å². The van der Waals surface area contributed by atoms with E-state index >= 15 is 0 Å². The molecule has 0 amide bonds. The summed E-state index contributed by atoms with van der Waals surface area (Å²) >= 11 is 0. The highest BCUT2D eigenvalue weighted by Crippen LogP contribution is 2.16. The van der Waals surface area contributed by atoms with Gasteiger partial charge < -0.3 is 15.8 Å². The van der Waals surface area contributed by atoms with Crippen molar-refractivity contribution in [2.45, 2.75) is 31.3 Å². The minimum Gasteiger partial charge on any atom is -0.469 e. The monoisotopic (exact) mass is 172 g/mol. The van der Waals surface area contributed by atoms with E-state index < -0.39 is 0 Å². The SMILES string of the molecule is COC(=O)CCNC1CC(N)C1. The van der Waals surface area contributed by atoms with Crippen LogP contribution in [0.15, 0.2) is 0 Å². The van der Waals surface area contributed by atoms with Crippen LogP contribution in [-0.2, 0) is 9.53 Å². The predicted molar refractivity (Wildman–Crippen MR) is 45.6 cm³/mol. The Morgan fingerprint density at radius 3 is 2.83 bits per heavy atom. The first-order valence-electron chi connectivity index (χ1n) is 4.28. The highest BCUT2D eigenvalue weighted by Gasteiger charge is 2.24. The van der Waals surface area contributed by atoms with Crippen molar-refractivity contribution in [1.29, 1.82) is 0 Å². The van der Waals surface area contributed by atoms with Crippen LogP contribution in [0, 0.1) is 0 Å². The van der Waals surface area contributed by atoms with Gasteiger partial charge in [0, 0.05) is 18.6 Å². The van der Waals surface area contributed by atoms with Gasteiger partial charge in [0.05, 0.1) is 13.5 Å². The zero-order chi connectivity index (χ0) is 8.97. The maximum atomic E-state index is 10.7. The number of rotatable bonds is 4. The van der Waals surface area contributed by atoms with Gasteiger partial charge in [0.2, 0.25) is 0 Å². The summed E-state index contributed by atoms with van der Waals surface area (Å²) in [6.07, 6.45) is 2.50. The maximum Gasteiger partial charge on any atom is 0.306 e. The van der Waals surface area contributed by atoms with Crippen molar-refractivity contribution in [2.75, 3.05) is 13.7 Å². The van der Waals surface area contributed by atoms with Crippen LogP contribution in [-0.4, -0.2) is 31.7 Å². The second kappa shape index (κ2) is 4.42. The molecule has 12 heavy (non-hydrogen) atoms. The Balaban J connectivity index is 1.93. The summed E-state index contributed by atoms with van der Waals surface area (Å²) in [6.45, 7) is 0.698. The number of nitrogens with two attached hydrogens (primary N) is 1. The fourth-order valence-electron chi connectivity index (χ4n) is 1.31. The number of ether oxygens (including phenoxy) is 1. The van der Waals surface area contributed by atoms with Crippen LogP contribution in [0.1, 0.15) is 19.3 Å². The molecule has 1 aliphatic rings. The third-order valence-electron chi connectivity index (χ3n) is 2.16. The quantitative estimate of drug-likeness (QED) is 0.568. The molecule has 70 valence electrons. The molecular formula is C8H16N2O2. The Labute approximate surface area is 72.5 Å². The van der Waals surface area contributed by atoms with Gasteiger partial charge in [0.25, 0.3) is 0 Å². The van der Waals surface area contributed by atoms with Gasteiger partial charge in [-0.15, -0.1) is 0 Å². The topological polar surface area (TPSA) is 64.3 Å². The summed E-state index contributed by atoms with van der Waals surface area (Å²) in [4.78, 5) is 10.7. The summed E-state index contributed by atoms with van der Waals surface area (Å²) < 4.78 is 4.50. The van der Waals surface area contributed by atoms with E-state index in [1.54, 1.807) is 0 Å². The van der Waals surface area contributed by atoms with E-state index in [1.807, 2.05) is 0 Å². The number of methoxy groups -OCH3 is 1. The molecule has 1 saturated carbocycles. The van der Waals surface area contributed by atoms with Crippen LogP contribution in [0.5, 0.6) is 0 Å². The summed E-state index contributed by atoms with van der Waals surface area (Å²) in [7, 11) is 1.40. The van der Waals surface area contributed by atoms with Crippen molar-refractivity contribution in [3.63, 3.8) is 0 Å². The molecule has 0 aromatic heterocycles. The van der Waals surface area contributed by atoms with Gasteiger partial charge in [-0.3, -0.25) is 4.79 Å². The number of carbonyl (C=O) groups is 1. The van der Waals surface area contributed by atoms with E-state index in [2.05, 4.69) is 10.1 Å². The molecule has 1 rings (SSSR count). The molecule has 0 unspecified atom stereocenters. The lowest BCUT2D eigenvalue weighted by Crippen LogP contribution is -2.48. The second-order valence-corrected chi connectivity index (χ2v) is 3.21. The van der Waals surface area contributed by atoms with Crippen molar-refractivity contribution < 1.29 is 9.53 Å². The third-order valence-corrected chi connectivity index (χ3v) is 2.16. The summed E-state index contributed by atoms with van der Waals surface area (Å²) in [5.41, 5.74) is 5.59. The number of carbonyl (C=O) groups excluding carboxylic acids is 1. The Hall–Kier alpha value is -0.610. The van der Waals surface area contributed by atoms with Crippen molar-refractivity contribution in [1.82, 2.24) is 5.32 Å². The van der Waals surface area contributed by atoms with Crippen molar-refractivity contribution in [3.05, 3.63) is 0 Å². The lowest BCUT2D eigenvalue weighted by Gasteiger charge is -2.33. The van der Waals surface area contributed by atoms with Gasteiger partial charge in [-0.1, -0.05) is 0 Å². The molecule has 4 nitrogen and oxygen atoms in total. The number of hydrogen-bond donors (Lipinski definition) is 2. The van der Waals surface area contributed by atoms with Gasteiger partial charge in [-0.25, -0.2) is 0 Å². The zero-order valence-electron chi connectivity index (χ0n) is 7.38. The van der Waals surface area contributed by atoms with Crippen LogP contribution in [0.2, 0.25) is 0 Å². The van der Waals surface area contributed by atoms with Crippen LogP contribution in [0.3, 0.4) is 0 Å². The molecule has 4 heteroatoms. The largest absolute Gasteiger partial charge is 0.469 e. The third kappa shape index (κ3) is 2.79. The highest BCUT2D eigenvalue weighted by molar-refractivity contribution is 5.69. The summed E-state index contributed by atoms with van der Waals surface area (Å²) in [5, 5.41) is 3.23. The normalized spacial score (nSPS) is 27.8. The number of esters is 1. The Morgan fingerprint density at radius 2 is 2.33 bits per heavy atom. The van der Waals surface area contributed by atoms with Crippen LogP contribution < -0.4 is 11.1 Å². The molecule has 3 N–H and O–H groups in total. The molecule has 0 spiro atoms. The van der Waals surface area contributed by atoms with E-state index in [1.165, 1.54) is 7.11 Å². The fourth-order valence-corrected chi connectivity index (χ4v) is 1.31. The Morgan fingerprint density at radius 1 is 1.67 bits per heavy atom. The summed E-state index contributed by atoms with van der Waals surface area (Å²) in [5.74, 6) is -0.161. The van der Waals surface area contributed by atoms with Crippen molar-refractivity contribution in [2.24, 2.45) is 5.73 Å². The average molecular weight is 172 g/mol. The zero-order valence-corrected chi connectivity index (χ0v) is 7.38. The molecule has 0 aromatic rings. The minimum atomic E-state index is -0.161. The standard InChI is InChI=1S/C8H16N2O2/c1-12-8(11)2-3-10-7-4-6(9)5-7/h6-7,10H,2-5,9H2,1H3. The van der Waals surface area contributed by atoms with E-state index in [9.17, 15) is 4.79 Å². The first kappa shape index (κ1) is 9.48. The van der Waals surface area contributed by atoms with Gasteiger partial charge in [0.1, 0.15) is 0 Å². The fraction of sp³-hybridized carbons (Fsp3) is 0.875. The lowest BCUT2D eigenvalue weighted by atomic mass is 9.88. The molecule has 0 radical (unpaired) electrons. The molecular weight excluding hydrogens is 156 g/mol. The maximum absolute atomic E-state index is 10.7. The number of nitrogens with one attached hydrogen (secondary N) is 1. The second-order valence-electron chi connectivity index (χ2n) is 3.21. The van der Waals surface area contributed by atoms with Crippen molar-refractivity contribution >= 4 is 5.97 Å². The van der Waals surface area contributed by atoms with Crippen LogP contribution in [0.4, 0.5) is 0 Å². The molecule has 1 aliphatic carbocycles. The molecule has 0 bridgehead atoms. The van der Waals surface area contributed by atoms with Gasteiger partial charge in [0.15, 0.2) is 0 Å². The highest BCUT2D eigenvalue weighted by atomic mass is 16.5.